The van der Waals surface area contributed by atoms with Crippen molar-refractivity contribution in [2.75, 3.05) is 33.3 Å². The summed E-state index contributed by atoms with van der Waals surface area (Å²) in [6.07, 6.45) is 9.18. The smallest absolute Gasteiger partial charge is 0.225 e. The molecule has 3 heterocycles. The maximum atomic E-state index is 12.9. The minimum Gasteiger partial charge on any atom is -0.497 e. The van der Waals surface area contributed by atoms with Gasteiger partial charge in [0.25, 0.3) is 0 Å². The normalized spacial score (nSPS) is 19.4. The van der Waals surface area contributed by atoms with Crippen molar-refractivity contribution in [3.8, 4) is 5.75 Å². The molecule has 0 radical (unpaired) electrons. The van der Waals surface area contributed by atoms with Crippen LogP contribution >= 0.6 is 0 Å². The summed E-state index contributed by atoms with van der Waals surface area (Å²) >= 11 is 0. The number of likely N-dealkylation sites (tertiary alicyclic amines) is 2. The highest BCUT2D eigenvalue weighted by molar-refractivity contribution is 5.85. The highest BCUT2D eigenvalue weighted by Crippen LogP contribution is 2.29. The van der Waals surface area contributed by atoms with E-state index in [2.05, 4.69) is 39.6 Å². The van der Waals surface area contributed by atoms with Crippen LogP contribution in [0.2, 0.25) is 0 Å². The van der Waals surface area contributed by atoms with Gasteiger partial charge >= 0.3 is 0 Å². The van der Waals surface area contributed by atoms with Crippen LogP contribution in [0, 0.1) is 5.92 Å². The molecule has 1 aromatic heterocycles. The summed E-state index contributed by atoms with van der Waals surface area (Å²) in [4.78, 5) is 17.6. The largest absolute Gasteiger partial charge is 0.497 e. The molecule has 158 valence electrons. The van der Waals surface area contributed by atoms with E-state index in [9.17, 15) is 4.79 Å². The van der Waals surface area contributed by atoms with Crippen molar-refractivity contribution in [3.63, 3.8) is 0 Å². The van der Waals surface area contributed by atoms with Crippen LogP contribution in [-0.4, -0.2) is 53.6 Å². The Bertz CT molecular complexity index is 828. The number of fused-ring (bicyclic) bond motifs is 1. The van der Waals surface area contributed by atoms with E-state index < -0.39 is 0 Å². The summed E-state index contributed by atoms with van der Waals surface area (Å²) in [6, 6.07) is 6.36. The minimum atomic E-state index is 0.224. The Morgan fingerprint density at radius 3 is 2.45 bits per heavy atom. The Morgan fingerprint density at radius 2 is 1.79 bits per heavy atom. The second-order valence-corrected chi connectivity index (χ2v) is 8.61. The molecule has 2 fully saturated rings. The summed E-state index contributed by atoms with van der Waals surface area (Å²) in [5.74, 6) is 1.55. The molecular formula is C24H35N3O2. The van der Waals surface area contributed by atoms with Gasteiger partial charge in [-0.3, -0.25) is 9.69 Å². The zero-order chi connectivity index (χ0) is 20.2. The molecule has 29 heavy (non-hydrogen) atoms. The van der Waals surface area contributed by atoms with Crippen LogP contribution in [0.5, 0.6) is 5.75 Å². The minimum absolute atomic E-state index is 0.224. The van der Waals surface area contributed by atoms with Gasteiger partial charge in [-0.15, -0.1) is 0 Å². The van der Waals surface area contributed by atoms with Crippen LogP contribution < -0.4 is 4.74 Å². The summed E-state index contributed by atoms with van der Waals surface area (Å²) in [5.41, 5.74) is 2.63. The standard InChI is InChI=1S/C24H35N3O2/c1-3-26-18-20(22-16-21(29-2)8-9-23(22)26)17-25-14-10-19(11-15-25)24(28)27-12-6-4-5-7-13-27/h8-9,16,18-19H,3-7,10-15,17H2,1-2H3. The number of carbonyl (C=O) groups is 1. The zero-order valence-electron chi connectivity index (χ0n) is 18.0. The van der Waals surface area contributed by atoms with Crippen LogP contribution in [0.3, 0.4) is 0 Å². The maximum absolute atomic E-state index is 12.9. The number of amides is 1. The number of rotatable bonds is 5. The average molecular weight is 398 g/mol. The molecule has 2 saturated heterocycles. The van der Waals surface area contributed by atoms with E-state index in [1.54, 1.807) is 7.11 Å². The number of nitrogens with zero attached hydrogens (tertiary/aromatic N) is 3. The van der Waals surface area contributed by atoms with Crippen molar-refractivity contribution in [3.05, 3.63) is 30.0 Å². The van der Waals surface area contributed by atoms with Gasteiger partial charge in [0.15, 0.2) is 0 Å². The number of aromatic nitrogens is 1. The molecular weight excluding hydrogens is 362 g/mol. The van der Waals surface area contributed by atoms with Gasteiger partial charge in [-0.1, -0.05) is 12.8 Å². The average Bonchev–Trinajstić information content (AvgIpc) is 2.93. The van der Waals surface area contributed by atoms with E-state index >= 15 is 0 Å². The number of hydrogen-bond donors (Lipinski definition) is 0. The van der Waals surface area contributed by atoms with Crippen molar-refractivity contribution >= 4 is 16.8 Å². The lowest BCUT2D eigenvalue weighted by molar-refractivity contribution is -0.137. The van der Waals surface area contributed by atoms with Gasteiger partial charge < -0.3 is 14.2 Å². The lowest BCUT2D eigenvalue weighted by atomic mass is 9.94. The van der Waals surface area contributed by atoms with Crippen LogP contribution in [0.4, 0.5) is 0 Å². The van der Waals surface area contributed by atoms with Crippen molar-refractivity contribution in [1.29, 1.82) is 0 Å². The molecule has 0 aliphatic carbocycles. The van der Waals surface area contributed by atoms with Gasteiger partial charge in [0, 0.05) is 49.2 Å². The third-order valence-electron chi connectivity index (χ3n) is 6.76. The first-order valence-corrected chi connectivity index (χ1v) is 11.4. The maximum Gasteiger partial charge on any atom is 0.225 e. The van der Waals surface area contributed by atoms with Crippen LogP contribution in [-0.2, 0) is 17.9 Å². The van der Waals surface area contributed by atoms with Crippen molar-refractivity contribution in [2.45, 2.75) is 58.5 Å². The van der Waals surface area contributed by atoms with E-state index in [1.165, 1.54) is 42.1 Å². The van der Waals surface area contributed by atoms with Crippen molar-refractivity contribution in [1.82, 2.24) is 14.4 Å². The first-order chi connectivity index (χ1) is 14.2. The number of benzene rings is 1. The molecule has 1 aromatic carbocycles. The molecule has 5 nitrogen and oxygen atoms in total. The molecule has 0 saturated carbocycles. The second-order valence-electron chi connectivity index (χ2n) is 8.61. The predicted molar refractivity (Wildman–Crippen MR) is 117 cm³/mol. The molecule has 2 aromatic rings. The molecule has 0 atom stereocenters. The Morgan fingerprint density at radius 1 is 1.07 bits per heavy atom. The summed E-state index contributed by atoms with van der Waals surface area (Å²) in [6.45, 7) is 8.05. The molecule has 0 bridgehead atoms. The number of piperidine rings is 1. The highest BCUT2D eigenvalue weighted by Gasteiger charge is 2.29. The summed E-state index contributed by atoms with van der Waals surface area (Å²) in [7, 11) is 1.73. The lowest BCUT2D eigenvalue weighted by Crippen LogP contribution is -2.42. The monoisotopic (exact) mass is 397 g/mol. The Kier molecular flexibility index (Phi) is 6.43. The van der Waals surface area contributed by atoms with Crippen LogP contribution in [0.1, 0.15) is 51.0 Å². The van der Waals surface area contributed by atoms with Gasteiger partial charge in [0.2, 0.25) is 5.91 Å². The number of aryl methyl sites for hydroxylation is 1. The third-order valence-corrected chi connectivity index (χ3v) is 6.76. The SMILES string of the molecule is CCn1cc(CN2CCC(C(=O)N3CCCCCC3)CC2)c2cc(OC)ccc21. The Labute approximate surface area is 174 Å². The quantitative estimate of drug-likeness (QED) is 0.756. The van der Waals surface area contributed by atoms with Gasteiger partial charge in [-0.25, -0.2) is 0 Å². The van der Waals surface area contributed by atoms with Crippen LogP contribution in [0.15, 0.2) is 24.4 Å². The second kappa shape index (κ2) is 9.21. The van der Waals surface area contributed by atoms with E-state index in [4.69, 9.17) is 4.74 Å². The van der Waals surface area contributed by atoms with E-state index in [0.717, 1.165) is 57.9 Å². The van der Waals surface area contributed by atoms with Gasteiger partial charge in [-0.2, -0.15) is 0 Å². The molecule has 0 N–H and O–H groups in total. The summed E-state index contributed by atoms with van der Waals surface area (Å²) < 4.78 is 7.77. The number of hydrogen-bond acceptors (Lipinski definition) is 3. The van der Waals surface area contributed by atoms with Gasteiger partial charge in [0.05, 0.1) is 7.11 Å². The molecule has 2 aliphatic rings. The fourth-order valence-electron chi connectivity index (χ4n) is 4.99. The van der Waals surface area contributed by atoms with Gasteiger partial charge in [0.1, 0.15) is 5.75 Å². The first kappa shape index (κ1) is 20.3. The number of methoxy groups -OCH3 is 1. The zero-order valence-corrected chi connectivity index (χ0v) is 18.0. The Hall–Kier alpha value is -2.01. The lowest BCUT2D eigenvalue weighted by Gasteiger charge is -2.34. The molecule has 0 spiro atoms. The fraction of sp³-hybridized carbons (Fsp3) is 0.625. The first-order valence-electron chi connectivity index (χ1n) is 11.4. The number of ether oxygens (including phenoxy) is 1. The summed E-state index contributed by atoms with van der Waals surface area (Å²) in [5, 5.41) is 1.29. The third kappa shape index (κ3) is 4.45. The van der Waals surface area contributed by atoms with Crippen LogP contribution in [0.25, 0.3) is 10.9 Å². The van der Waals surface area contributed by atoms with Crippen molar-refractivity contribution < 1.29 is 9.53 Å². The molecule has 4 rings (SSSR count). The molecule has 0 unspecified atom stereocenters. The number of carbonyl (C=O) groups excluding carboxylic acids is 1. The van der Waals surface area contributed by atoms with E-state index in [-0.39, 0.29) is 5.92 Å². The fourth-order valence-corrected chi connectivity index (χ4v) is 4.99. The highest BCUT2D eigenvalue weighted by atomic mass is 16.5. The predicted octanol–water partition coefficient (Wildman–Crippen LogP) is 4.28. The molecule has 5 heteroatoms. The van der Waals surface area contributed by atoms with Gasteiger partial charge in [-0.05, 0) is 69.5 Å². The Balaban J connectivity index is 1.40. The van der Waals surface area contributed by atoms with Crippen molar-refractivity contribution in [2.24, 2.45) is 5.92 Å². The van der Waals surface area contributed by atoms with E-state index in [1.807, 2.05) is 6.07 Å². The molecule has 1 amide bonds. The van der Waals surface area contributed by atoms with E-state index in [0.29, 0.717) is 5.91 Å². The topological polar surface area (TPSA) is 37.7 Å². The molecule has 2 aliphatic heterocycles.